The predicted octanol–water partition coefficient (Wildman–Crippen LogP) is 3.24. The summed E-state index contributed by atoms with van der Waals surface area (Å²) in [6.07, 6.45) is -1.09. The Labute approximate surface area is 177 Å². The first-order chi connectivity index (χ1) is 14.3. The highest BCUT2D eigenvalue weighted by atomic mass is 32.1. The van der Waals surface area contributed by atoms with Gasteiger partial charge in [-0.15, -0.1) is 11.3 Å². The van der Waals surface area contributed by atoms with Gasteiger partial charge in [-0.3, -0.25) is 19.2 Å². The molecule has 1 heterocycles. The Hall–Kier alpha value is -3.07. The molecule has 0 aliphatic rings. The lowest BCUT2D eigenvalue weighted by atomic mass is 10.2. The van der Waals surface area contributed by atoms with Crippen molar-refractivity contribution in [3.8, 4) is 0 Å². The van der Waals surface area contributed by atoms with Crippen LogP contribution >= 0.6 is 11.3 Å². The monoisotopic (exact) mass is 434 g/mol. The third-order valence-electron chi connectivity index (χ3n) is 4.14. The van der Waals surface area contributed by atoms with Crippen LogP contribution in [0.5, 0.6) is 0 Å². The van der Waals surface area contributed by atoms with E-state index < -0.39 is 23.8 Å². The van der Waals surface area contributed by atoms with E-state index in [1.807, 2.05) is 0 Å². The molecule has 0 aliphatic heterocycles. The molecule has 0 bridgehead atoms. The molecule has 1 aromatic heterocycles. The summed E-state index contributed by atoms with van der Waals surface area (Å²) >= 11 is 1.32. The molecule has 0 unspecified atom stereocenters. The van der Waals surface area contributed by atoms with Gasteiger partial charge in [-0.05, 0) is 43.0 Å². The van der Waals surface area contributed by atoms with Gasteiger partial charge in [0.05, 0.1) is 11.3 Å². The number of carbonyl (C=O) groups excluding carboxylic acids is 4. The zero-order valence-electron chi connectivity index (χ0n) is 16.7. The average molecular weight is 434 g/mol. The normalized spacial score (nSPS) is 11.4. The molecule has 2 N–H and O–H groups in total. The second-order valence-electron chi connectivity index (χ2n) is 6.59. The zero-order chi connectivity index (χ0) is 22.1. The van der Waals surface area contributed by atoms with Crippen molar-refractivity contribution in [2.24, 2.45) is 0 Å². The smallest absolute Gasteiger partial charge is 0.308 e. The second-order valence-corrected chi connectivity index (χ2v) is 7.53. The number of esters is 1. The molecular formula is C21H23FN2O5S. The van der Waals surface area contributed by atoms with Crippen LogP contribution in [0.4, 0.5) is 10.1 Å². The molecule has 0 spiro atoms. The maximum absolute atomic E-state index is 13.5. The van der Waals surface area contributed by atoms with Crippen LogP contribution in [0.2, 0.25) is 0 Å². The van der Waals surface area contributed by atoms with E-state index in [0.717, 1.165) is 0 Å². The van der Waals surface area contributed by atoms with Crippen molar-refractivity contribution < 1.29 is 28.3 Å². The molecule has 1 aromatic carbocycles. The fraction of sp³-hybridized carbons (Fsp3) is 0.333. The van der Waals surface area contributed by atoms with Crippen molar-refractivity contribution in [3.63, 3.8) is 0 Å². The lowest BCUT2D eigenvalue weighted by Gasteiger charge is -2.14. The molecule has 30 heavy (non-hydrogen) atoms. The summed E-state index contributed by atoms with van der Waals surface area (Å²) in [6, 6.07) is 7.72. The Morgan fingerprint density at radius 1 is 1.13 bits per heavy atom. The van der Waals surface area contributed by atoms with E-state index in [2.05, 4.69) is 10.6 Å². The van der Waals surface area contributed by atoms with E-state index in [4.69, 9.17) is 4.74 Å². The molecule has 9 heteroatoms. The van der Waals surface area contributed by atoms with Crippen LogP contribution in [0.25, 0.3) is 0 Å². The highest BCUT2D eigenvalue weighted by Crippen LogP contribution is 2.14. The summed E-state index contributed by atoms with van der Waals surface area (Å²) in [5, 5.41) is 6.80. The van der Waals surface area contributed by atoms with Crippen molar-refractivity contribution in [3.05, 3.63) is 52.0 Å². The van der Waals surface area contributed by atoms with E-state index in [-0.39, 0.29) is 43.2 Å². The Morgan fingerprint density at radius 2 is 1.90 bits per heavy atom. The third kappa shape index (κ3) is 7.40. The average Bonchev–Trinajstić information content (AvgIpc) is 3.23. The quantitative estimate of drug-likeness (QED) is 0.442. The van der Waals surface area contributed by atoms with Gasteiger partial charge < -0.3 is 15.4 Å². The van der Waals surface area contributed by atoms with Gasteiger partial charge in [0, 0.05) is 25.1 Å². The SMILES string of the molecule is Cc1ccc(NC(=O)[C@H](C)OC(=O)CCNC(=O)CCC(=O)c2cccs2)cc1F. The number of thiophene rings is 1. The first-order valence-corrected chi connectivity index (χ1v) is 10.2. The number of amides is 2. The number of anilines is 1. The Bertz CT molecular complexity index is 914. The minimum atomic E-state index is -1.08. The molecule has 0 radical (unpaired) electrons. The maximum atomic E-state index is 13.5. The van der Waals surface area contributed by atoms with Crippen LogP contribution in [-0.2, 0) is 19.1 Å². The molecule has 0 saturated carbocycles. The van der Waals surface area contributed by atoms with Gasteiger partial charge in [0.15, 0.2) is 11.9 Å². The minimum Gasteiger partial charge on any atom is -0.452 e. The van der Waals surface area contributed by atoms with Crippen LogP contribution in [0.3, 0.4) is 0 Å². The largest absolute Gasteiger partial charge is 0.452 e. The van der Waals surface area contributed by atoms with Gasteiger partial charge in [-0.2, -0.15) is 0 Å². The topological polar surface area (TPSA) is 102 Å². The van der Waals surface area contributed by atoms with Crippen LogP contribution in [0.1, 0.15) is 41.4 Å². The summed E-state index contributed by atoms with van der Waals surface area (Å²) in [5.74, 6) is -2.16. The molecule has 0 saturated heterocycles. The Kier molecular flexibility index (Phi) is 8.67. The van der Waals surface area contributed by atoms with Gasteiger partial charge in [-0.1, -0.05) is 12.1 Å². The number of benzene rings is 1. The fourth-order valence-corrected chi connectivity index (χ4v) is 3.10. The summed E-state index contributed by atoms with van der Waals surface area (Å²) < 4.78 is 18.5. The van der Waals surface area contributed by atoms with Gasteiger partial charge in [-0.25, -0.2) is 4.39 Å². The predicted molar refractivity (Wildman–Crippen MR) is 111 cm³/mol. The van der Waals surface area contributed by atoms with E-state index in [1.165, 1.54) is 30.4 Å². The standard InChI is InChI=1S/C21H23FN2O5S/c1-13-5-6-15(12-16(13)22)24-21(28)14(2)29-20(27)9-10-23-19(26)8-7-17(25)18-4-3-11-30-18/h3-6,11-12,14H,7-10H2,1-2H3,(H,23,26)(H,24,28)/t14-/m0/s1. The number of hydrogen-bond acceptors (Lipinski definition) is 6. The van der Waals surface area contributed by atoms with E-state index in [9.17, 15) is 23.6 Å². The zero-order valence-corrected chi connectivity index (χ0v) is 17.5. The molecule has 1 atom stereocenters. The molecular weight excluding hydrogens is 411 g/mol. The van der Waals surface area contributed by atoms with E-state index >= 15 is 0 Å². The van der Waals surface area contributed by atoms with Crippen LogP contribution < -0.4 is 10.6 Å². The lowest BCUT2D eigenvalue weighted by Crippen LogP contribution is -2.32. The molecule has 2 aromatic rings. The third-order valence-corrected chi connectivity index (χ3v) is 5.05. The molecule has 7 nitrogen and oxygen atoms in total. The molecule has 0 fully saturated rings. The summed E-state index contributed by atoms with van der Waals surface area (Å²) in [7, 11) is 0. The molecule has 160 valence electrons. The van der Waals surface area contributed by atoms with Crippen LogP contribution in [0, 0.1) is 12.7 Å². The van der Waals surface area contributed by atoms with Gasteiger partial charge in [0.25, 0.3) is 5.91 Å². The summed E-state index contributed by atoms with van der Waals surface area (Å²) in [6.45, 7) is 3.03. The number of Topliss-reactive ketones (excluding diaryl/α,β-unsaturated/α-hetero) is 1. The number of rotatable bonds is 10. The van der Waals surface area contributed by atoms with Crippen molar-refractivity contribution in [2.45, 2.75) is 39.2 Å². The number of ketones is 1. The first kappa shape index (κ1) is 23.2. The number of nitrogens with one attached hydrogen (secondary N) is 2. The van der Waals surface area contributed by atoms with Crippen molar-refractivity contribution in [1.82, 2.24) is 5.32 Å². The van der Waals surface area contributed by atoms with Crippen LogP contribution in [-0.4, -0.2) is 36.2 Å². The second kappa shape index (κ2) is 11.2. The van der Waals surface area contributed by atoms with Crippen LogP contribution in [0.15, 0.2) is 35.7 Å². The maximum Gasteiger partial charge on any atom is 0.308 e. The summed E-state index contributed by atoms with van der Waals surface area (Å²) in [5.41, 5.74) is 0.709. The van der Waals surface area contributed by atoms with Gasteiger partial charge in [0.1, 0.15) is 5.82 Å². The highest BCUT2D eigenvalue weighted by Gasteiger charge is 2.18. The van der Waals surface area contributed by atoms with Crippen molar-refractivity contribution >= 4 is 40.6 Å². The Morgan fingerprint density at radius 3 is 2.57 bits per heavy atom. The summed E-state index contributed by atoms with van der Waals surface area (Å²) in [4.78, 5) is 48.1. The number of hydrogen-bond donors (Lipinski definition) is 2. The molecule has 2 amide bonds. The number of aryl methyl sites for hydroxylation is 1. The lowest BCUT2D eigenvalue weighted by molar-refractivity contribution is -0.153. The van der Waals surface area contributed by atoms with Gasteiger partial charge in [0.2, 0.25) is 5.91 Å². The number of halogens is 1. The number of carbonyl (C=O) groups is 4. The van der Waals surface area contributed by atoms with Crippen molar-refractivity contribution in [1.29, 1.82) is 0 Å². The minimum absolute atomic E-state index is 0.0255. The first-order valence-electron chi connectivity index (χ1n) is 9.36. The molecule has 2 rings (SSSR count). The highest BCUT2D eigenvalue weighted by molar-refractivity contribution is 7.12. The fourth-order valence-electron chi connectivity index (χ4n) is 2.40. The van der Waals surface area contributed by atoms with Crippen molar-refractivity contribution in [2.75, 3.05) is 11.9 Å². The van der Waals surface area contributed by atoms with E-state index in [1.54, 1.807) is 30.5 Å². The molecule has 0 aliphatic carbocycles. The number of ether oxygens (including phenoxy) is 1. The van der Waals surface area contributed by atoms with Gasteiger partial charge >= 0.3 is 5.97 Å². The Balaban J connectivity index is 1.65. The van der Waals surface area contributed by atoms with E-state index in [0.29, 0.717) is 10.4 Å².